The quantitative estimate of drug-likeness (QED) is 0.530. The fourth-order valence-corrected chi connectivity index (χ4v) is 2.52. The van der Waals surface area contributed by atoms with Crippen LogP contribution in [0.25, 0.3) is 0 Å². The smallest absolute Gasteiger partial charge is 0.251 e. The van der Waals surface area contributed by atoms with Gasteiger partial charge in [0.15, 0.2) is 0 Å². The number of hydrogen-bond donors (Lipinski definition) is 1. The van der Waals surface area contributed by atoms with E-state index < -0.39 is 0 Å². The van der Waals surface area contributed by atoms with Gasteiger partial charge < -0.3 is 10.1 Å². The molecule has 0 aromatic heterocycles. The topological polar surface area (TPSA) is 38.3 Å². The van der Waals surface area contributed by atoms with Gasteiger partial charge in [-0.3, -0.25) is 4.79 Å². The highest BCUT2D eigenvalue weighted by Gasteiger charge is 2.05. The number of aryl methyl sites for hydroxylation is 1. The van der Waals surface area contributed by atoms with E-state index in [1.165, 1.54) is 11.1 Å². The van der Waals surface area contributed by atoms with Crippen molar-refractivity contribution in [1.29, 1.82) is 0 Å². The first-order valence-electron chi connectivity index (χ1n) is 8.81. The van der Waals surface area contributed by atoms with Gasteiger partial charge in [-0.15, -0.1) is 0 Å². The molecule has 0 aliphatic carbocycles. The fourth-order valence-electron chi connectivity index (χ4n) is 2.52. The molecule has 0 saturated heterocycles. The molecule has 0 heterocycles. The monoisotopic (exact) mass is 337 g/mol. The summed E-state index contributed by atoms with van der Waals surface area (Å²) in [7, 11) is 0. The summed E-state index contributed by atoms with van der Waals surface area (Å²) < 4.78 is 5.41. The minimum Gasteiger partial charge on any atom is -0.490 e. The second kappa shape index (κ2) is 9.67. The minimum absolute atomic E-state index is 0.0505. The predicted molar refractivity (Wildman–Crippen MR) is 103 cm³/mol. The molecule has 132 valence electrons. The molecule has 2 rings (SSSR count). The van der Waals surface area contributed by atoms with Gasteiger partial charge >= 0.3 is 0 Å². The third-order valence-electron chi connectivity index (χ3n) is 4.06. The van der Waals surface area contributed by atoms with Crippen LogP contribution in [-0.2, 0) is 6.42 Å². The average Bonchev–Trinajstić information content (AvgIpc) is 2.64. The van der Waals surface area contributed by atoms with Crippen molar-refractivity contribution < 1.29 is 9.53 Å². The van der Waals surface area contributed by atoms with E-state index in [2.05, 4.69) is 50.0 Å². The summed E-state index contributed by atoms with van der Waals surface area (Å²) in [6.45, 7) is 9.13. The molecule has 0 atom stereocenters. The molecule has 0 radical (unpaired) electrons. The van der Waals surface area contributed by atoms with Crippen molar-refractivity contribution in [2.75, 3.05) is 13.2 Å². The first kappa shape index (κ1) is 18.8. The van der Waals surface area contributed by atoms with Crippen LogP contribution in [0.4, 0.5) is 0 Å². The number of carbonyl (C=O) groups excluding carboxylic acids is 1. The maximum Gasteiger partial charge on any atom is 0.251 e. The third kappa shape index (κ3) is 6.11. The highest BCUT2D eigenvalue weighted by molar-refractivity contribution is 5.94. The van der Waals surface area contributed by atoms with Gasteiger partial charge in [0.05, 0.1) is 0 Å². The first-order chi connectivity index (χ1) is 12.1. The molecule has 0 aliphatic heterocycles. The van der Waals surface area contributed by atoms with Crippen LogP contribution in [0.15, 0.2) is 61.2 Å². The summed E-state index contributed by atoms with van der Waals surface area (Å²) in [6.07, 6.45) is 3.58. The van der Waals surface area contributed by atoms with E-state index in [4.69, 9.17) is 4.74 Å². The molecular formula is C22H27NO2. The van der Waals surface area contributed by atoms with Crippen LogP contribution >= 0.6 is 0 Å². The Labute approximate surface area is 150 Å². The predicted octanol–water partition coefficient (Wildman–Crippen LogP) is 4.74. The van der Waals surface area contributed by atoms with Crippen molar-refractivity contribution in [2.24, 2.45) is 0 Å². The summed E-state index contributed by atoms with van der Waals surface area (Å²) in [5.74, 6) is 1.24. The SMILES string of the molecule is C=CCOc1ccc(C(=O)NCCCc2ccc(C(C)C)cc2)cc1. The van der Waals surface area contributed by atoms with Crippen molar-refractivity contribution in [3.8, 4) is 5.75 Å². The number of ether oxygens (including phenoxy) is 1. The minimum atomic E-state index is -0.0505. The van der Waals surface area contributed by atoms with Crippen LogP contribution in [0, 0.1) is 0 Å². The van der Waals surface area contributed by atoms with Crippen LogP contribution in [0.2, 0.25) is 0 Å². The van der Waals surface area contributed by atoms with Gasteiger partial charge in [-0.2, -0.15) is 0 Å². The van der Waals surface area contributed by atoms with Gasteiger partial charge in [0.2, 0.25) is 0 Å². The molecule has 3 heteroatoms. The molecule has 0 saturated carbocycles. The number of hydrogen-bond acceptors (Lipinski definition) is 2. The van der Waals surface area contributed by atoms with Crippen molar-refractivity contribution in [3.05, 3.63) is 77.9 Å². The summed E-state index contributed by atoms with van der Waals surface area (Å²) in [5, 5.41) is 2.97. The van der Waals surface area contributed by atoms with Gasteiger partial charge in [-0.25, -0.2) is 0 Å². The number of carbonyl (C=O) groups is 1. The van der Waals surface area contributed by atoms with Crippen LogP contribution in [0.5, 0.6) is 5.75 Å². The van der Waals surface area contributed by atoms with Crippen LogP contribution in [-0.4, -0.2) is 19.1 Å². The summed E-state index contributed by atoms with van der Waals surface area (Å²) in [6, 6.07) is 15.9. The molecule has 0 bridgehead atoms. The van der Waals surface area contributed by atoms with Crippen LogP contribution in [0.3, 0.4) is 0 Å². The third-order valence-corrected chi connectivity index (χ3v) is 4.06. The Hall–Kier alpha value is -2.55. The molecule has 0 unspecified atom stereocenters. The second-order valence-corrected chi connectivity index (χ2v) is 6.38. The molecule has 2 aromatic rings. The highest BCUT2D eigenvalue weighted by atomic mass is 16.5. The Morgan fingerprint density at radius 3 is 2.40 bits per heavy atom. The van der Waals surface area contributed by atoms with Gasteiger partial charge in [-0.05, 0) is 54.2 Å². The van der Waals surface area contributed by atoms with Crippen LogP contribution in [0.1, 0.15) is 47.7 Å². The van der Waals surface area contributed by atoms with Crippen molar-refractivity contribution >= 4 is 5.91 Å². The summed E-state index contributed by atoms with van der Waals surface area (Å²) >= 11 is 0. The number of rotatable bonds is 9. The lowest BCUT2D eigenvalue weighted by Crippen LogP contribution is -2.24. The molecular weight excluding hydrogens is 310 g/mol. The Kier molecular flexibility index (Phi) is 7.27. The fraction of sp³-hybridized carbons (Fsp3) is 0.318. The van der Waals surface area contributed by atoms with Gasteiger partial charge in [0, 0.05) is 12.1 Å². The van der Waals surface area contributed by atoms with Crippen molar-refractivity contribution in [1.82, 2.24) is 5.32 Å². The van der Waals surface area contributed by atoms with Crippen molar-refractivity contribution in [2.45, 2.75) is 32.6 Å². The molecule has 25 heavy (non-hydrogen) atoms. The van der Waals surface area contributed by atoms with E-state index in [0.717, 1.165) is 18.6 Å². The lowest BCUT2D eigenvalue weighted by atomic mass is 10.0. The van der Waals surface area contributed by atoms with E-state index in [1.807, 2.05) is 0 Å². The zero-order valence-corrected chi connectivity index (χ0v) is 15.1. The van der Waals surface area contributed by atoms with Gasteiger partial charge in [0.25, 0.3) is 5.91 Å². The molecule has 1 amide bonds. The highest BCUT2D eigenvalue weighted by Crippen LogP contribution is 2.15. The van der Waals surface area contributed by atoms with Crippen molar-refractivity contribution in [3.63, 3.8) is 0 Å². The maximum atomic E-state index is 12.1. The molecule has 0 aliphatic rings. The number of nitrogens with one attached hydrogen (secondary N) is 1. The molecule has 0 spiro atoms. The van der Waals surface area contributed by atoms with E-state index in [0.29, 0.717) is 24.6 Å². The standard InChI is InChI=1S/C22H27NO2/c1-4-16-25-21-13-11-20(12-14-21)22(24)23-15-5-6-18-7-9-19(10-8-18)17(2)3/h4,7-14,17H,1,5-6,15-16H2,2-3H3,(H,23,24). The van der Waals surface area contributed by atoms with E-state index in [9.17, 15) is 4.79 Å². The zero-order valence-electron chi connectivity index (χ0n) is 15.1. The van der Waals surface area contributed by atoms with Crippen LogP contribution < -0.4 is 10.1 Å². The van der Waals surface area contributed by atoms with E-state index in [-0.39, 0.29) is 5.91 Å². The molecule has 0 fully saturated rings. The number of amides is 1. The molecule has 3 nitrogen and oxygen atoms in total. The molecule has 2 aromatic carbocycles. The average molecular weight is 337 g/mol. The summed E-state index contributed by atoms with van der Waals surface area (Å²) in [4.78, 5) is 12.1. The Balaban J connectivity index is 1.73. The van der Waals surface area contributed by atoms with E-state index in [1.54, 1.807) is 30.3 Å². The number of benzene rings is 2. The van der Waals surface area contributed by atoms with Gasteiger partial charge in [0.1, 0.15) is 12.4 Å². The zero-order chi connectivity index (χ0) is 18.1. The van der Waals surface area contributed by atoms with Gasteiger partial charge in [-0.1, -0.05) is 50.8 Å². The first-order valence-corrected chi connectivity index (χ1v) is 8.81. The maximum absolute atomic E-state index is 12.1. The molecule has 1 N–H and O–H groups in total. The Morgan fingerprint density at radius 1 is 1.12 bits per heavy atom. The second-order valence-electron chi connectivity index (χ2n) is 6.38. The lowest BCUT2D eigenvalue weighted by Gasteiger charge is -2.08. The normalized spacial score (nSPS) is 10.5. The Morgan fingerprint density at radius 2 is 1.80 bits per heavy atom. The largest absolute Gasteiger partial charge is 0.490 e. The Bertz CT molecular complexity index is 672. The van der Waals surface area contributed by atoms with E-state index >= 15 is 0 Å². The summed E-state index contributed by atoms with van der Waals surface area (Å²) in [5.41, 5.74) is 3.31. The lowest BCUT2D eigenvalue weighted by molar-refractivity contribution is 0.0953.